The Balaban J connectivity index is 1.90. The fraction of sp³-hybridized carbons (Fsp3) is 0.263. The quantitative estimate of drug-likeness (QED) is 0.788. The number of hydrogen-bond donors (Lipinski definition) is 0. The minimum atomic E-state index is -0.348. The molecule has 1 amide bonds. The molecule has 24 heavy (non-hydrogen) atoms. The van der Waals surface area contributed by atoms with Crippen molar-refractivity contribution in [2.45, 2.75) is 24.5 Å². The number of nitrogens with zero attached hydrogens (tertiary/aromatic N) is 1. The molecule has 2 atom stereocenters. The van der Waals surface area contributed by atoms with Crippen molar-refractivity contribution < 1.29 is 14.3 Å². The minimum Gasteiger partial charge on any atom is -0.462 e. The van der Waals surface area contributed by atoms with Crippen molar-refractivity contribution in [1.29, 1.82) is 0 Å². The first-order chi connectivity index (χ1) is 11.6. The molecule has 0 bridgehead atoms. The summed E-state index contributed by atoms with van der Waals surface area (Å²) in [5.41, 5.74) is 2.37. The molecule has 0 N–H and O–H groups in total. The van der Waals surface area contributed by atoms with Gasteiger partial charge < -0.3 is 4.74 Å². The highest BCUT2D eigenvalue weighted by Crippen LogP contribution is 2.45. The monoisotopic (exact) mass is 341 g/mol. The predicted molar refractivity (Wildman–Crippen MR) is 96.1 cm³/mol. The Hall–Kier alpha value is -2.27. The van der Waals surface area contributed by atoms with Gasteiger partial charge in [-0.05, 0) is 43.7 Å². The highest BCUT2D eigenvalue weighted by molar-refractivity contribution is 8.01. The van der Waals surface area contributed by atoms with E-state index in [1.165, 1.54) is 0 Å². The number of rotatable bonds is 4. The second kappa shape index (κ2) is 7.09. The van der Waals surface area contributed by atoms with Crippen molar-refractivity contribution in [2.75, 3.05) is 11.5 Å². The van der Waals surface area contributed by atoms with Crippen molar-refractivity contribution in [3.05, 3.63) is 65.7 Å². The largest absolute Gasteiger partial charge is 0.462 e. The van der Waals surface area contributed by atoms with E-state index in [0.29, 0.717) is 12.2 Å². The van der Waals surface area contributed by atoms with E-state index in [4.69, 9.17) is 4.74 Å². The van der Waals surface area contributed by atoms with Crippen LogP contribution in [0.1, 0.15) is 35.1 Å². The van der Waals surface area contributed by atoms with Crippen LogP contribution < -0.4 is 4.90 Å². The van der Waals surface area contributed by atoms with Gasteiger partial charge in [-0.25, -0.2) is 4.79 Å². The predicted octanol–water partition coefficient (Wildman–Crippen LogP) is 4.03. The number of amides is 1. The van der Waals surface area contributed by atoms with Crippen molar-refractivity contribution in [3.63, 3.8) is 0 Å². The summed E-state index contributed by atoms with van der Waals surface area (Å²) in [6.07, 6.45) is 0. The molecule has 1 saturated heterocycles. The molecule has 0 aromatic heterocycles. The molecule has 1 aliphatic heterocycles. The van der Waals surface area contributed by atoms with Crippen molar-refractivity contribution in [3.8, 4) is 0 Å². The van der Waals surface area contributed by atoms with Crippen molar-refractivity contribution >= 4 is 29.3 Å². The van der Waals surface area contributed by atoms with Crippen molar-refractivity contribution in [2.24, 2.45) is 0 Å². The summed E-state index contributed by atoms with van der Waals surface area (Å²) in [6, 6.07) is 17.0. The average molecular weight is 341 g/mol. The van der Waals surface area contributed by atoms with Crippen LogP contribution in [-0.4, -0.2) is 23.7 Å². The van der Waals surface area contributed by atoms with E-state index < -0.39 is 0 Å². The van der Waals surface area contributed by atoms with Crippen LogP contribution >= 0.6 is 11.8 Å². The van der Waals surface area contributed by atoms with Crippen LogP contribution in [0.2, 0.25) is 0 Å². The topological polar surface area (TPSA) is 46.6 Å². The fourth-order valence-corrected chi connectivity index (χ4v) is 3.98. The summed E-state index contributed by atoms with van der Waals surface area (Å²) in [5.74, 6) is -0.267. The van der Waals surface area contributed by atoms with Gasteiger partial charge in [0, 0.05) is 5.69 Å². The van der Waals surface area contributed by atoms with Crippen LogP contribution in [0.5, 0.6) is 0 Å². The molecular formula is C19H19NO3S. The van der Waals surface area contributed by atoms with Gasteiger partial charge in [0.05, 0.1) is 17.4 Å². The molecule has 1 fully saturated rings. The highest BCUT2D eigenvalue weighted by atomic mass is 32.2. The number of carbonyl (C=O) groups excluding carboxylic acids is 2. The third-order valence-electron chi connectivity index (χ3n) is 3.89. The summed E-state index contributed by atoms with van der Waals surface area (Å²) in [5, 5.41) is -0.151. The maximum absolute atomic E-state index is 12.6. The summed E-state index contributed by atoms with van der Waals surface area (Å²) in [4.78, 5) is 26.2. The Morgan fingerprint density at radius 3 is 2.42 bits per heavy atom. The molecule has 0 saturated carbocycles. The van der Waals surface area contributed by atoms with Crippen LogP contribution in [0.3, 0.4) is 0 Å². The molecule has 0 radical (unpaired) electrons. The fourth-order valence-electron chi connectivity index (χ4n) is 2.70. The van der Waals surface area contributed by atoms with E-state index in [1.807, 2.05) is 37.3 Å². The molecular weight excluding hydrogens is 322 g/mol. The summed E-state index contributed by atoms with van der Waals surface area (Å²) in [6.45, 7) is 4.05. The minimum absolute atomic E-state index is 0.0536. The van der Waals surface area contributed by atoms with E-state index in [2.05, 4.69) is 0 Å². The van der Waals surface area contributed by atoms with E-state index >= 15 is 0 Å². The molecule has 124 valence electrons. The van der Waals surface area contributed by atoms with E-state index in [9.17, 15) is 9.59 Å². The molecule has 5 heteroatoms. The first-order valence-corrected chi connectivity index (χ1v) is 8.86. The van der Waals surface area contributed by atoms with Crippen molar-refractivity contribution in [1.82, 2.24) is 0 Å². The Bertz CT molecular complexity index is 730. The zero-order valence-corrected chi connectivity index (χ0v) is 14.5. The Kier molecular flexibility index (Phi) is 4.90. The van der Waals surface area contributed by atoms with Gasteiger partial charge in [-0.15, -0.1) is 11.8 Å². The molecule has 1 aliphatic rings. The lowest BCUT2D eigenvalue weighted by molar-refractivity contribution is -0.117. The van der Waals surface area contributed by atoms with E-state index in [-0.39, 0.29) is 22.5 Å². The van der Waals surface area contributed by atoms with Gasteiger partial charge in [0.25, 0.3) is 0 Å². The van der Waals surface area contributed by atoms with Crippen LogP contribution in [0, 0.1) is 0 Å². The number of hydrogen-bond acceptors (Lipinski definition) is 4. The van der Waals surface area contributed by atoms with Crippen LogP contribution in [0.15, 0.2) is 54.6 Å². The number of carbonyl (C=O) groups is 2. The van der Waals surface area contributed by atoms with Gasteiger partial charge >= 0.3 is 5.97 Å². The van der Waals surface area contributed by atoms with Gasteiger partial charge in [0.1, 0.15) is 5.37 Å². The number of benzene rings is 2. The zero-order chi connectivity index (χ0) is 17.1. The molecule has 3 rings (SSSR count). The summed E-state index contributed by atoms with van der Waals surface area (Å²) in [7, 11) is 0. The number of esters is 1. The van der Waals surface area contributed by atoms with Crippen LogP contribution in [0.4, 0.5) is 5.69 Å². The smallest absolute Gasteiger partial charge is 0.338 e. The lowest BCUT2D eigenvalue weighted by Gasteiger charge is -2.24. The van der Waals surface area contributed by atoms with Gasteiger partial charge in [-0.1, -0.05) is 30.3 Å². The van der Waals surface area contributed by atoms with E-state index in [1.54, 1.807) is 47.9 Å². The molecule has 2 aromatic carbocycles. The summed E-state index contributed by atoms with van der Waals surface area (Å²) >= 11 is 1.63. The molecule has 4 nitrogen and oxygen atoms in total. The third-order valence-corrected chi connectivity index (χ3v) is 5.24. The Labute approximate surface area is 145 Å². The summed E-state index contributed by atoms with van der Waals surface area (Å²) < 4.78 is 5.00. The number of thioether (sulfide) groups is 1. The normalized spacial score (nSPS) is 20.2. The molecule has 2 aromatic rings. The van der Waals surface area contributed by atoms with Crippen LogP contribution in [0.25, 0.3) is 0 Å². The Morgan fingerprint density at radius 1 is 1.12 bits per heavy atom. The first kappa shape index (κ1) is 16.6. The van der Waals surface area contributed by atoms with Gasteiger partial charge in [-0.3, -0.25) is 9.69 Å². The van der Waals surface area contributed by atoms with Gasteiger partial charge in [-0.2, -0.15) is 0 Å². The van der Waals surface area contributed by atoms with Crippen LogP contribution in [-0.2, 0) is 9.53 Å². The number of anilines is 1. The third kappa shape index (κ3) is 3.17. The average Bonchev–Trinajstić information content (AvgIpc) is 2.91. The Morgan fingerprint density at radius 2 is 1.79 bits per heavy atom. The second-order valence-electron chi connectivity index (χ2n) is 5.52. The van der Waals surface area contributed by atoms with Gasteiger partial charge in [0.15, 0.2) is 0 Å². The lowest BCUT2D eigenvalue weighted by atomic mass is 10.1. The zero-order valence-electron chi connectivity index (χ0n) is 13.6. The molecule has 0 aliphatic carbocycles. The number of ether oxygens (including phenoxy) is 1. The lowest BCUT2D eigenvalue weighted by Crippen LogP contribution is -2.30. The highest BCUT2D eigenvalue weighted by Gasteiger charge is 2.39. The molecule has 1 heterocycles. The SMILES string of the molecule is CCOC(=O)c1ccc(N2C(=O)[C@@H](C)S[C@@H]2c2ccccc2)cc1. The first-order valence-electron chi connectivity index (χ1n) is 7.92. The standard InChI is InChI=1S/C19H19NO3S/c1-3-23-19(22)15-9-11-16(12-10-15)20-17(21)13(2)24-18(20)14-7-5-4-6-8-14/h4-13,18H,3H2,1-2H3/t13-,18-/m1/s1. The van der Waals surface area contributed by atoms with E-state index in [0.717, 1.165) is 11.3 Å². The second-order valence-corrected chi connectivity index (χ2v) is 6.94. The maximum Gasteiger partial charge on any atom is 0.338 e. The maximum atomic E-state index is 12.6. The molecule has 0 spiro atoms. The molecule has 0 unspecified atom stereocenters. The van der Waals surface area contributed by atoms with Gasteiger partial charge in [0.2, 0.25) is 5.91 Å².